The predicted molar refractivity (Wildman–Crippen MR) is 132 cm³/mol. The van der Waals surface area contributed by atoms with Gasteiger partial charge in [-0.15, -0.1) is 0 Å². The summed E-state index contributed by atoms with van der Waals surface area (Å²) >= 11 is 0. The minimum Gasteiger partial charge on any atom is -0.356 e. The lowest BCUT2D eigenvalue weighted by atomic mass is 10.0. The maximum Gasteiger partial charge on any atom is 0.253 e. The van der Waals surface area contributed by atoms with Gasteiger partial charge in [-0.25, -0.2) is 0 Å². The summed E-state index contributed by atoms with van der Waals surface area (Å²) in [6, 6.07) is 19.2. The molecule has 1 aliphatic rings. The average Bonchev–Trinajstić information content (AvgIpc) is 2.83. The molecule has 2 aromatic rings. The molecular weight excluding hydrogens is 398 g/mol. The molecule has 0 spiro atoms. The molecule has 2 aromatic carbocycles. The van der Waals surface area contributed by atoms with E-state index in [2.05, 4.69) is 63.4 Å². The standard InChI is InChI=1S/C26H37N5O/c1-5-24(22-11-7-6-8-12-22)30-16-18-31(19-17-30)26(27-2)28-15-14-21-10-9-13-23(20-21)25(32)29(3)4/h6-13,20,24H,5,14-19H2,1-4H3,(H,27,28). The normalized spacial score (nSPS) is 16.0. The van der Waals surface area contributed by atoms with E-state index < -0.39 is 0 Å². The smallest absolute Gasteiger partial charge is 0.253 e. The van der Waals surface area contributed by atoms with E-state index in [0.717, 1.165) is 62.7 Å². The van der Waals surface area contributed by atoms with Gasteiger partial charge in [0.2, 0.25) is 0 Å². The number of rotatable bonds is 7. The SMILES string of the molecule is CCC(c1ccccc1)N1CCN(C(=NC)NCCc2cccc(C(=O)N(C)C)c2)CC1. The second kappa shape index (κ2) is 11.7. The van der Waals surface area contributed by atoms with Gasteiger partial charge in [-0.05, 0) is 36.1 Å². The molecule has 1 amide bonds. The van der Waals surface area contributed by atoms with Gasteiger partial charge in [-0.1, -0.05) is 49.4 Å². The molecule has 1 unspecified atom stereocenters. The summed E-state index contributed by atoms with van der Waals surface area (Å²) in [5.41, 5.74) is 3.29. The summed E-state index contributed by atoms with van der Waals surface area (Å²) in [5.74, 6) is 0.993. The molecule has 6 nitrogen and oxygen atoms in total. The van der Waals surface area contributed by atoms with E-state index in [1.54, 1.807) is 19.0 Å². The quantitative estimate of drug-likeness (QED) is 0.536. The summed E-state index contributed by atoms with van der Waals surface area (Å²) < 4.78 is 0. The highest BCUT2D eigenvalue weighted by atomic mass is 16.2. The molecular formula is C26H37N5O. The Morgan fingerprint density at radius 1 is 1.06 bits per heavy atom. The van der Waals surface area contributed by atoms with Crippen molar-refractivity contribution in [2.75, 3.05) is 53.9 Å². The van der Waals surface area contributed by atoms with Crippen molar-refractivity contribution in [3.8, 4) is 0 Å². The number of guanidine groups is 1. The number of aliphatic imine (C=N–C) groups is 1. The van der Waals surface area contributed by atoms with Crippen molar-refractivity contribution in [2.45, 2.75) is 25.8 Å². The van der Waals surface area contributed by atoms with Crippen LogP contribution in [0.2, 0.25) is 0 Å². The third-order valence-electron chi connectivity index (χ3n) is 6.11. The number of hydrogen-bond acceptors (Lipinski definition) is 3. The molecule has 3 rings (SSSR count). The first-order valence-electron chi connectivity index (χ1n) is 11.6. The number of nitrogens with one attached hydrogen (secondary N) is 1. The van der Waals surface area contributed by atoms with Gasteiger partial charge in [0.25, 0.3) is 5.91 Å². The van der Waals surface area contributed by atoms with Gasteiger partial charge in [0.05, 0.1) is 0 Å². The summed E-state index contributed by atoms with van der Waals surface area (Å²) in [7, 11) is 5.41. The lowest BCUT2D eigenvalue weighted by molar-refractivity contribution is 0.0827. The van der Waals surface area contributed by atoms with Crippen LogP contribution < -0.4 is 5.32 Å². The van der Waals surface area contributed by atoms with Gasteiger partial charge in [-0.3, -0.25) is 14.7 Å². The Balaban J connectivity index is 1.50. The molecule has 6 heteroatoms. The largest absolute Gasteiger partial charge is 0.356 e. The zero-order valence-corrected chi connectivity index (χ0v) is 19.9. The average molecular weight is 436 g/mol. The summed E-state index contributed by atoms with van der Waals surface area (Å²) in [4.78, 5) is 23.3. The zero-order chi connectivity index (χ0) is 22.9. The Hall–Kier alpha value is -2.86. The molecule has 0 bridgehead atoms. The highest BCUT2D eigenvalue weighted by molar-refractivity contribution is 5.94. The van der Waals surface area contributed by atoms with Crippen LogP contribution in [-0.2, 0) is 6.42 Å². The van der Waals surface area contributed by atoms with Gasteiger partial charge < -0.3 is 15.1 Å². The Kier molecular flexibility index (Phi) is 8.68. The van der Waals surface area contributed by atoms with Gasteiger partial charge >= 0.3 is 0 Å². The van der Waals surface area contributed by atoms with Crippen LogP contribution >= 0.6 is 0 Å². The summed E-state index contributed by atoms with van der Waals surface area (Å²) in [6.45, 7) is 7.05. The van der Waals surface area contributed by atoms with E-state index in [4.69, 9.17) is 0 Å². The van der Waals surface area contributed by atoms with Crippen molar-refractivity contribution in [1.82, 2.24) is 20.0 Å². The Bertz CT molecular complexity index is 888. The Morgan fingerprint density at radius 2 is 1.78 bits per heavy atom. The van der Waals surface area contributed by atoms with Crippen LogP contribution in [0.15, 0.2) is 59.6 Å². The number of carbonyl (C=O) groups is 1. The lowest BCUT2D eigenvalue weighted by Crippen LogP contribution is -2.53. The molecule has 172 valence electrons. The topological polar surface area (TPSA) is 51.2 Å². The fraction of sp³-hybridized carbons (Fsp3) is 0.462. The maximum atomic E-state index is 12.2. The van der Waals surface area contributed by atoms with E-state index in [1.165, 1.54) is 5.56 Å². The van der Waals surface area contributed by atoms with Crippen molar-refractivity contribution < 1.29 is 4.79 Å². The van der Waals surface area contributed by atoms with E-state index in [-0.39, 0.29) is 5.91 Å². The van der Waals surface area contributed by atoms with Crippen molar-refractivity contribution in [1.29, 1.82) is 0 Å². The van der Waals surface area contributed by atoms with Crippen LogP contribution in [0, 0.1) is 0 Å². The predicted octanol–water partition coefficient (Wildman–Crippen LogP) is 3.28. The number of hydrogen-bond donors (Lipinski definition) is 1. The fourth-order valence-corrected chi connectivity index (χ4v) is 4.39. The Morgan fingerprint density at radius 3 is 2.41 bits per heavy atom. The van der Waals surface area contributed by atoms with Crippen molar-refractivity contribution in [3.63, 3.8) is 0 Å². The first-order chi connectivity index (χ1) is 15.5. The highest BCUT2D eigenvalue weighted by Gasteiger charge is 2.25. The minimum absolute atomic E-state index is 0.0365. The highest BCUT2D eigenvalue weighted by Crippen LogP contribution is 2.25. The van der Waals surface area contributed by atoms with Crippen molar-refractivity contribution in [3.05, 3.63) is 71.3 Å². The number of piperazine rings is 1. The van der Waals surface area contributed by atoms with Gasteiger partial charge in [0, 0.05) is 65.5 Å². The van der Waals surface area contributed by atoms with Crippen LogP contribution in [0.4, 0.5) is 0 Å². The third kappa shape index (κ3) is 6.10. The molecule has 1 fully saturated rings. The van der Waals surface area contributed by atoms with Crippen molar-refractivity contribution >= 4 is 11.9 Å². The first kappa shape index (κ1) is 23.8. The van der Waals surface area contributed by atoms with Gasteiger partial charge in [-0.2, -0.15) is 0 Å². The summed E-state index contributed by atoms with van der Waals surface area (Å²) in [5, 5.41) is 3.51. The van der Waals surface area contributed by atoms with Crippen LogP contribution in [0.1, 0.15) is 40.9 Å². The van der Waals surface area contributed by atoms with E-state index in [9.17, 15) is 4.79 Å². The second-order valence-electron chi connectivity index (χ2n) is 8.48. The zero-order valence-electron chi connectivity index (χ0n) is 19.9. The first-order valence-corrected chi connectivity index (χ1v) is 11.6. The molecule has 32 heavy (non-hydrogen) atoms. The second-order valence-corrected chi connectivity index (χ2v) is 8.48. The third-order valence-corrected chi connectivity index (χ3v) is 6.11. The van der Waals surface area contributed by atoms with Gasteiger partial charge in [0.15, 0.2) is 5.96 Å². The lowest BCUT2D eigenvalue weighted by Gasteiger charge is -2.40. The fourth-order valence-electron chi connectivity index (χ4n) is 4.39. The summed E-state index contributed by atoms with van der Waals surface area (Å²) in [6.07, 6.45) is 1.96. The number of amides is 1. The van der Waals surface area contributed by atoms with Crippen LogP contribution in [0.3, 0.4) is 0 Å². The number of nitrogens with zero attached hydrogens (tertiary/aromatic N) is 4. The molecule has 1 heterocycles. The number of carbonyl (C=O) groups excluding carboxylic acids is 1. The van der Waals surface area contributed by atoms with Crippen LogP contribution in [0.25, 0.3) is 0 Å². The van der Waals surface area contributed by atoms with Crippen molar-refractivity contribution in [2.24, 2.45) is 4.99 Å². The number of benzene rings is 2. The molecule has 0 aromatic heterocycles. The van der Waals surface area contributed by atoms with Crippen LogP contribution in [-0.4, -0.2) is 80.4 Å². The molecule has 0 radical (unpaired) electrons. The van der Waals surface area contributed by atoms with E-state index in [1.807, 2.05) is 25.2 Å². The van der Waals surface area contributed by atoms with E-state index >= 15 is 0 Å². The molecule has 1 saturated heterocycles. The Labute approximate surface area is 192 Å². The maximum absolute atomic E-state index is 12.2. The molecule has 1 aliphatic heterocycles. The minimum atomic E-state index is 0.0365. The molecule has 1 atom stereocenters. The van der Waals surface area contributed by atoms with E-state index in [0.29, 0.717) is 6.04 Å². The molecule has 1 N–H and O–H groups in total. The molecule has 0 saturated carbocycles. The van der Waals surface area contributed by atoms with Crippen LogP contribution in [0.5, 0.6) is 0 Å². The van der Waals surface area contributed by atoms with Gasteiger partial charge in [0.1, 0.15) is 0 Å². The molecule has 0 aliphatic carbocycles. The monoisotopic (exact) mass is 435 g/mol.